The number of aromatic amines is 1. The summed E-state index contributed by atoms with van der Waals surface area (Å²) < 4.78 is 35.6. The van der Waals surface area contributed by atoms with E-state index in [4.69, 9.17) is 10.5 Å². The topological polar surface area (TPSA) is 56.0 Å². The Morgan fingerprint density at radius 2 is 1.70 bits per heavy atom. The first kappa shape index (κ1) is 16.1. The first-order valence-electron chi connectivity index (χ1n) is 8.72. The first-order chi connectivity index (χ1) is 13.1. The molecule has 3 N–H and O–H groups in total. The molecule has 0 radical (unpaired) electrons. The van der Waals surface area contributed by atoms with Gasteiger partial charge in [0, 0.05) is 45.7 Å². The van der Waals surface area contributed by atoms with Crippen molar-refractivity contribution in [3.8, 4) is 5.75 Å². The molecule has 0 saturated carbocycles. The maximum Gasteiger partial charge on any atom is 0.167 e. The van der Waals surface area contributed by atoms with Crippen LogP contribution in [-0.4, -0.2) is 23.2 Å². The van der Waals surface area contributed by atoms with Crippen LogP contribution in [0, 0.1) is 11.6 Å². The molecule has 5 rings (SSSR count). The zero-order valence-corrected chi connectivity index (χ0v) is 14.6. The van der Waals surface area contributed by atoms with Crippen LogP contribution in [0.4, 0.5) is 8.78 Å². The zero-order valence-electron chi connectivity index (χ0n) is 14.6. The minimum Gasteiger partial charge on any atom is -0.492 e. The molecule has 0 amide bonds. The predicted octanol–water partition coefficient (Wildman–Crippen LogP) is 4.67. The van der Waals surface area contributed by atoms with Crippen molar-refractivity contribution in [3.63, 3.8) is 0 Å². The standard InChI is InChI=1S/C21H17F2N3O/c1-27-21-19-15(13-8-11(22)2-4-17(13)25-19)10-16-14-9-12(23)3-5-18(14)26(7-6-24)20(16)21/h2-5,8-10,25H,6-7,24H2,1H3. The molecule has 0 atom stereocenters. The normalized spacial score (nSPS) is 12.0. The molecule has 136 valence electrons. The first-order valence-corrected chi connectivity index (χ1v) is 8.72. The second kappa shape index (κ2) is 5.69. The van der Waals surface area contributed by atoms with Crippen LogP contribution in [0.15, 0.2) is 42.5 Å². The van der Waals surface area contributed by atoms with Gasteiger partial charge in [-0.25, -0.2) is 8.78 Å². The van der Waals surface area contributed by atoms with Crippen molar-refractivity contribution in [1.82, 2.24) is 9.55 Å². The van der Waals surface area contributed by atoms with Crippen molar-refractivity contribution < 1.29 is 13.5 Å². The Balaban J connectivity index is 2.06. The number of ether oxygens (including phenoxy) is 1. The number of rotatable bonds is 3. The Morgan fingerprint density at radius 1 is 0.963 bits per heavy atom. The van der Waals surface area contributed by atoms with Gasteiger partial charge in [-0.05, 0) is 42.5 Å². The van der Waals surface area contributed by atoms with Crippen LogP contribution in [0.2, 0.25) is 0 Å². The Hall–Kier alpha value is -3.12. The van der Waals surface area contributed by atoms with E-state index >= 15 is 0 Å². The maximum atomic E-state index is 14.0. The summed E-state index contributed by atoms with van der Waals surface area (Å²) in [6, 6.07) is 11.3. The number of H-pyrrole nitrogens is 1. The van der Waals surface area contributed by atoms with Gasteiger partial charge in [-0.15, -0.1) is 0 Å². The summed E-state index contributed by atoms with van der Waals surface area (Å²) in [5.74, 6) is 0.0292. The highest BCUT2D eigenvalue weighted by Crippen LogP contribution is 2.42. The molecule has 0 bridgehead atoms. The molecule has 0 aliphatic carbocycles. The molecule has 0 spiro atoms. The highest BCUT2D eigenvalue weighted by molar-refractivity contribution is 6.21. The molecular formula is C21H17F2N3O. The van der Waals surface area contributed by atoms with Crippen molar-refractivity contribution in [1.29, 1.82) is 0 Å². The quantitative estimate of drug-likeness (QED) is 0.488. The van der Waals surface area contributed by atoms with E-state index in [1.54, 1.807) is 19.2 Å². The third kappa shape index (κ3) is 2.16. The molecule has 0 saturated heterocycles. The Morgan fingerprint density at radius 3 is 2.44 bits per heavy atom. The lowest BCUT2D eigenvalue weighted by Crippen LogP contribution is -2.10. The highest BCUT2D eigenvalue weighted by atomic mass is 19.1. The fraction of sp³-hybridized carbons (Fsp3) is 0.143. The molecule has 5 aromatic rings. The van der Waals surface area contributed by atoms with E-state index in [0.717, 1.165) is 43.6 Å². The molecule has 0 aliphatic heterocycles. The molecule has 2 aromatic heterocycles. The summed E-state index contributed by atoms with van der Waals surface area (Å²) in [5.41, 5.74) is 9.17. The average Bonchev–Trinajstić information content (AvgIpc) is 3.16. The molecule has 4 nitrogen and oxygen atoms in total. The fourth-order valence-corrected chi connectivity index (χ4v) is 4.08. The van der Waals surface area contributed by atoms with Crippen molar-refractivity contribution in [2.45, 2.75) is 6.54 Å². The monoisotopic (exact) mass is 365 g/mol. The summed E-state index contributed by atoms with van der Waals surface area (Å²) in [7, 11) is 1.60. The molecule has 0 fully saturated rings. The number of methoxy groups -OCH3 is 1. The van der Waals surface area contributed by atoms with Crippen molar-refractivity contribution in [2.75, 3.05) is 13.7 Å². The molecule has 3 aromatic carbocycles. The van der Waals surface area contributed by atoms with E-state index in [2.05, 4.69) is 9.55 Å². The van der Waals surface area contributed by atoms with Gasteiger partial charge in [0.2, 0.25) is 0 Å². The van der Waals surface area contributed by atoms with Crippen LogP contribution in [0.5, 0.6) is 5.75 Å². The second-order valence-electron chi connectivity index (χ2n) is 6.65. The lowest BCUT2D eigenvalue weighted by molar-refractivity contribution is 0.421. The van der Waals surface area contributed by atoms with Crippen LogP contribution in [0.3, 0.4) is 0 Å². The second-order valence-corrected chi connectivity index (χ2v) is 6.65. The van der Waals surface area contributed by atoms with Gasteiger partial charge in [-0.2, -0.15) is 0 Å². The third-order valence-electron chi connectivity index (χ3n) is 5.15. The van der Waals surface area contributed by atoms with E-state index in [1.807, 2.05) is 6.07 Å². The summed E-state index contributed by atoms with van der Waals surface area (Å²) in [6.45, 7) is 1.01. The number of nitrogens with zero attached hydrogens (tertiary/aromatic N) is 1. The molecular weight excluding hydrogens is 348 g/mol. The van der Waals surface area contributed by atoms with E-state index in [0.29, 0.717) is 18.8 Å². The van der Waals surface area contributed by atoms with E-state index in [1.165, 1.54) is 24.3 Å². The Kier molecular flexibility index (Phi) is 3.39. The van der Waals surface area contributed by atoms with E-state index in [9.17, 15) is 8.78 Å². The number of fused-ring (bicyclic) bond motifs is 6. The van der Waals surface area contributed by atoms with Crippen molar-refractivity contribution >= 4 is 43.6 Å². The zero-order chi connectivity index (χ0) is 18.7. The number of hydrogen-bond acceptors (Lipinski definition) is 2. The van der Waals surface area contributed by atoms with E-state index < -0.39 is 0 Å². The van der Waals surface area contributed by atoms with Crippen LogP contribution in [0.25, 0.3) is 43.6 Å². The highest BCUT2D eigenvalue weighted by Gasteiger charge is 2.20. The van der Waals surface area contributed by atoms with Crippen LogP contribution >= 0.6 is 0 Å². The number of nitrogens with two attached hydrogens (primary N) is 1. The number of nitrogens with one attached hydrogen (secondary N) is 1. The molecule has 0 unspecified atom stereocenters. The third-order valence-corrected chi connectivity index (χ3v) is 5.15. The molecule has 2 heterocycles. The summed E-state index contributed by atoms with van der Waals surface area (Å²) in [6.07, 6.45) is 0. The van der Waals surface area contributed by atoms with Gasteiger partial charge in [0.25, 0.3) is 0 Å². The lowest BCUT2D eigenvalue weighted by atomic mass is 10.1. The largest absolute Gasteiger partial charge is 0.492 e. The maximum absolute atomic E-state index is 14.0. The SMILES string of the molecule is COc1c2[nH]c3ccc(F)cc3c2cc2c3cc(F)ccc3n(CCN)c12. The van der Waals surface area contributed by atoms with Gasteiger partial charge >= 0.3 is 0 Å². The summed E-state index contributed by atoms with van der Waals surface area (Å²) >= 11 is 0. The van der Waals surface area contributed by atoms with Gasteiger partial charge in [0.05, 0.1) is 18.1 Å². The number of aromatic nitrogens is 2. The molecule has 0 aliphatic rings. The van der Waals surface area contributed by atoms with Gasteiger partial charge in [0.1, 0.15) is 11.6 Å². The fourth-order valence-electron chi connectivity index (χ4n) is 4.08. The number of halogens is 2. The Bertz CT molecular complexity index is 1350. The lowest BCUT2D eigenvalue weighted by Gasteiger charge is -2.10. The smallest absolute Gasteiger partial charge is 0.167 e. The minimum absolute atomic E-state index is 0.306. The summed E-state index contributed by atoms with van der Waals surface area (Å²) in [4.78, 5) is 3.33. The molecule has 6 heteroatoms. The Labute approximate surface area is 153 Å². The number of benzene rings is 3. The van der Waals surface area contributed by atoms with Crippen molar-refractivity contribution in [3.05, 3.63) is 54.1 Å². The average molecular weight is 365 g/mol. The predicted molar refractivity (Wildman–Crippen MR) is 104 cm³/mol. The van der Waals surface area contributed by atoms with Crippen LogP contribution in [-0.2, 0) is 6.54 Å². The van der Waals surface area contributed by atoms with Crippen molar-refractivity contribution in [2.24, 2.45) is 5.73 Å². The van der Waals surface area contributed by atoms with E-state index in [-0.39, 0.29) is 11.6 Å². The van der Waals surface area contributed by atoms with Gasteiger partial charge < -0.3 is 20.0 Å². The number of hydrogen-bond donors (Lipinski definition) is 2. The van der Waals surface area contributed by atoms with Gasteiger partial charge in [0.15, 0.2) is 5.75 Å². The van der Waals surface area contributed by atoms with Crippen LogP contribution in [0.1, 0.15) is 0 Å². The van der Waals surface area contributed by atoms with Gasteiger partial charge in [-0.3, -0.25) is 0 Å². The minimum atomic E-state index is -0.307. The van der Waals surface area contributed by atoms with Gasteiger partial charge in [-0.1, -0.05) is 0 Å². The van der Waals surface area contributed by atoms with Crippen LogP contribution < -0.4 is 10.5 Å². The summed E-state index contributed by atoms with van der Waals surface area (Å²) in [5, 5.41) is 3.24. The molecule has 27 heavy (non-hydrogen) atoms.